The highest BCUT2D eigenvalue weighted by molar-refractivity contribution is 7.91. The van der Waals surface area contributed by atoms with Crippen LogP contribution in [-0.2, 0) is 25.8 Å². The first kappa shape index (κ1) is 23.1. The normalized spacial score (nSPS) is 12.1. The van der Waals surface area contributed by atoms with Gasteiger partial charge < -0.3 is 10.6 Å². The Morgan fingerprint density at radius 1 is 0.906 bits per heavy atom. The van der Waals surface area contributed by atoms with Crippen LogP contribution in [0.2, 0.25) is 0 Å². The van der Waals surface area contributed by atoms with E-state index in [1.165, 1.54) is 19.1 Å². The molecule has 3 aromatic rings. The number of halogens is 1. The lowest BCUT2D eigenvalue weighted by Crippen LogP contribution is -2.32. The summed E-state index contributed by atoms with van der Waals surface area (Å²) in [6, 6.07) is 20.0. The van der Waals surface area contributed by atoms with E-state index < -0.39 is 20.9 Å². The van der Waals surface area contributed by atoms with E-state index >= 15 is 0 Å². The van der Waals surface area contributed by atoms with Crippen molar-refractivity contribution in [1.29, 1.82) is 0 Å². The molecule has 0 saturated heterocycles. The third-order valence-electron chi connectivity index (χ3n) is 4.81. The Hall–Kier alpha value is -3.52. The van der Waals surface area contributed by atoms with Crippen LogP contribution in [0.1, 0.15) is 23.3 Å². The minimum atomic E-state index is -3.88. The van der Waals surface area contributed by atoms with E-state index in [4.69, 9.17) is 0 Å². The molecule has 0 spiro atoms. The molecular formula is C24H23FN2O4S. The van der Waals surface area contributed by atoms with Crippen LogP contribution in [0.25, 0.3) is 0 Å². The smallest absolute Gasteiger partial charge is 0.224 e. The highest BCUT2D eigenvalue weighted by atomic mass is 32.2. The molecule has 2 amide bonds. The van der Waals surface area contributed by atoms with Crippen LogP contribution in [0.5, 0.6) is 0 Å². The summed E-state index contributed by atoms with van der Waals surface area (Å²) >= 11 is 0. The Morgan fingerprint density at radius 2 is 1.53 bits per heavy atom. The van der Waals surface area contributed by atoms with Gasteiger partial charge in [-0.2, -0.15) is 0 Å². The summed E-state index contributed by atoms with van der Waals surface area (Å²) in [5.74, 6) is -1.06. The third-order valence-corrected chi connectivity index (χ3v) is 6.93. The number of amides is 2. The first-order valence-corrected chi connectivity index (χ1v) is 11.5. The molecule has 0 aliphatic heterocycles. The van der Waals surface area contributed by atoms with E-state index in [0.29, 0.717) is 16.8 Å². The zero-order valence-electron chi connectivity index (χ0n) is 17.4. The van der Waals surface area contributed by atoms with Crippen LogP contribution in [0.15, 0.2) is 83.8 Å². The van der Waals surface area contributed by atoms with Crippen molar-refractivity contribution in [3.8, 4) is 0 Å². The molecule has 0 saturated carbocycles. The molecule has 1 unspecified atom stereocenters. The van der Waals surface area contributed by atoms with Gasteiger partial charge in [-0.15, -0.1) is 0 Å². The van der Waals surface area contributed by atoms with Gasteiger partial charge >= 0.3 is 0 Å². The third kappa shape index (κ3) is 6.01. The second kappa shape index (κ2) is 10.2. The highest BCUT2D eigenvalue weighted by Crippen LogP contribution is 2.28. The monoisotopic (exact) mass is 454 g/mol. The van der Waals surface area contributed by atoms with Gasteiger partial charge in [-0.1, -0.05) is 42.5 Å². The molecule has 0 aromatic heterocycles. The lowest BCUT2D eigenvalue weighted by molar-refractivity contribution is -0.120. The lowest BCUT2D eigenvalue weighted by Gasteiger charge is -2.19. The van der Waals surface area contributed by atoms with Gasteiger partial charge in [0.2, 0.25) is 11.8 Å². The van der Waals surface area contributed by atoms with Crippen molar-refractivity contribution in [2.24, 2.45) is 0 Å². The largest absolute Gasteiger partial charge is 0.354 e. The van der Waals surface area contributed by atoms with Gasteiger partial charge in [-0.25, -0.2) is 12.8 Å². The van der Waals surface area contributed by atoms with E-state index in [1.54, 1.807) is 54.6 Å². The van der Waals surface area contributed by atoms with Gasteiger partial charge in [-0.05, 0) is 47.5 Å². The standard InChI is InChI=1S/C24H23FN2O4S/c1-17(28)27-21-11-7-18(8-12-21)15-24(29)26-16-23(19-5-3-2-4-6-19)32(30,31)22-13-9-20(25)10-14-22/h2-14,23H,15-16H2,1H3,(H,26,29)(H,27,28). The van der Waals surface area contributed by atoms with E-state index in [-0.39, 0.29) is 29.7 Å². The topological polar surface area (TPSA) is 92.3 Å². The zero-order chi connectivity index (χ0) is 23.1. The summed E-state index contributed by atoms with van der Waals surface area (Å²) in [6.07, 6.45) is 0.0540. The van der Waals surface area contributed by atoms with Crippen LogP contribution < -0.4 is 10.6 Å². The van der Waals surface area contributed by atoms with Crippen LogP contribution in [0.4, 0.5) is 10.1 Å². The molecule has 0 heterocycles. The maximum Gasteiger partial charge on any atom is 0.224 e. The predicted molar refractivity (Wildman–Crippen MR) is 120 cm³/mol. The molecule has 3 aromatic carbocycles. The number of carbonyl (C=O) groups is 2. The number of anilines is 1. The van der Waals surface area contributed by atoms with Crippen LogP contribution >= 0.6 is 0 Å². The fourth-order valence-corrected chi connectivity index (χ4v) is 4.89. The van der Waals surface area contributed by atoms with Gasteiger partial charge in [0.1, 0.15) is 11.1 Å². The second-order valence-corrected chi connectivity index (χ2v) is 9.39. The molecule has 0 fully saturated rings. The molecule has 166 valence electrons. The Kier molecular flexibility index (Phi) is 7.37. The summed E-state index contributed by atoms with van der Waals surface area (Å²) in [4.78, 5) is 23.6. The number of benzene rings is 3. The van der Waals surface area contributed by atoms with E-state index in [9.17, 15) is 22.4 Å². The molecule has 6 nitrogen and oxygen atoms in total. The predicted octanol–water partition coefficient (Wildman–Crippen LogP) is 3.66. The van der Waals surface area contributed by atoms with Crippen molar-refractivity contribution in [3.63, 3.8) is 0 Å². The number of carbonyl (C=O) groups excluding carboxylic acids is 2. The minimum Gasteiger partial charge on any atom is -0.354 e. The van der Waals surface area contributed by atoms with Crippen LogP contribution in [-0.4, -0.2) is 26.8 Å². The molecule has 0 aliphatic rings. The molecule has 0 aliphatic carbocycles. The summed E-state index contributed by atoms with van der Waals surface area (Å²) in [5, 5.41) is 4.32. The van der Waals surface area contributed by atoms with E-state index in [0.717, 1.165) is 12.1 Å². The summed E-state index contributed by atoms with van der Waals surface area (Å²) in [7, 11) is -3.88. The Labute approximate surface area is 186 Å². The fourth-order valence-electron chi connectivity index (χ4n) is 3.23. The zero-order valence-corrected chi connectivity index (χ0v) is 18.2. The highest BCUT2D eigenvalue weighted by Gasteiger charge is 2.29. The Morgan fingerprint density at radius 3 is 2.12 bits per heavy atom. The number of hydrogen-bond donors (Lipinski definition) is 2. The average Bonchev–Trinajstić information content (AvgIpc) is 2.76. The van der Waals surface area contributed by atoms with Gasteiger partial charge in [0.15, 0.2) is 9.84 Å². The number of hydrogen-bond acceptors (Lipinski definition) is 4. The molecule has 3 rings (SSSR count). The molecule has 1 atom stereocenters. The first-order valence-electron chi connectivity index (χ1n) is 9.93. The molecule has 0 radical (unpaired) electrons. The summed E-state index contributed by atoms with van der Waals surface area (Å²) in [6.45, 7) is 1.27. The lowest BCUT2D eigenvalue weighted by atomic mass is 10.1. The number of sulfone groups is 1. The fraction of sp³-hybridized carbons (Fsp3) is 0.167. The first-order chi connectivity index (χ1) is 15.3. The van der Waals surface area contributed by atoms with Crippen molar-refractivity contribution < 1.29 is 22.4 Å². The molecule has 0 bridgehead atoms. The van der Waals surface area contributed by atoms with Crippen molar-refractivity contribution in [2.75, 3.05) is 11.9 Å². The van der Waals surface area contributed by atoms with Gasteiger partial charge in [-0.3, -0.25) is 9.59 Å². The average molecular weight is 455 g/mol. The van der Waals surface area contributed by atoms with Crippen LogP contribution in [0.3, 0.4) is 0 Å². The number of nitrogens with one attached hydrogen (secondary N) is 2. The quantitative estimate of drug-likeness (QED) is 0.508. The Bertz CT molecular complexity index is 1180. The van der Waals surface area contributed by atoms with Crippen LogP contribution in [0, 0.1) is 5.82 Å². The van der Waals surface area contributed by atoms with Crippen molar-refractivity contribution in [3.05, 3.63) is 95.8 Å². The SMILES string of the molecule is CC(=O)Nc1ccc(CC(=O)NCC(c2ccccc2)S(=O)(=O)c2ccc(F)cc2)cc1. The number of rotatable bonds is 8. The van der Waals surface area contributed by atoms with Gasteiger partial charge in [0.05, 0.1) is 11.3 Å². The maximum absolute atomic E-state index is 13.3. The molecule has 32 heavy (non-hydrogen) atoms. The van der Waals surface area contributed by atoms with Gasteiger partial charge in [0, 0.05) is 19.2 Å². The van der Waals surface area contributed by atoms with Crippen molar-refractivity contribution in [1.82, 2.24) is 5.32 Å². The summed E-state index contributed by atoms with van der Waals surface area (Å²) in [5.41, 5.74) is 1.86. The second-order valence-electron chi connectivity index (χ2n) is 7.26. The van der Waals surface area contributed by atoms with Crippen molar-refractivity contribution >= 4 is 27.3 Å². The van der Waals surface area contributed by atoms with E-state index in [1.807, 2.05) is 0 Å². The van der Waals surface area contributed by atoms with Gasteiger partial charge in [0.25, 0.3) is 0 Å². The van der Waals surface area contributed by atoms with E-state index in [2.05, 4.69) is 10.6 Å². The van der Waals surface area contributed by atoms with Crippen molar-refractivity contribution in [2.45, 2.75) is 23.5 Å². The Balaban J connectivity index is 1.74. The minimum absolute atomic E-state index is 0.0180. The molecular weight excluding hydrogens is 431 g/mol. The molecule has 8 heteroatoms. The maximum atomic E-state index is 13.3. The summed E-state index contributed by atoms with van der Waals surface area (Å²) < 4.78 is 39.7. The molecule has 2 N–H and O–H groups in total.